The molecule has 31 heavy (non-hydrogen) atoms. The summed E-state index contributed by atoms with van der Waals surface area (Å²) in [5.41, 5.74) is 0.922. The number of hydrogen-bond acceptors (Lipinski definition) is 8. The van der Waals surface area contributed by atoms with Crippen LogP contribution in [-0.4, -0.2) is 55.0 Å². The van der Waals surface area contributed by atoms with Crippen LogP contribution in [0.5, 0.6) is 5.75 Å². The topological polar surface area (TPSA) is 147 Å². The molecule has 0 saturated heterocycles. The van der Waals surface area contributed by atoms with Gasteiger partial charge in [0.25, 0.3) is 0 Å². The molecule has 1 aliphatic carbocycles. The van der Waals surface area contributed by atoms with Crippen molar-refractivity contribution in [1.82, 2.24) is 25.2 Å². The number of aromatic nitrogens is 3. The first-order valence-electron chi connectivity index (χ1n) is 10.2. The number of amides is 1. The van der Waals surface area contributed by atoms with E-state index in [1.807, 2.05) is 19.9 Å². The van der Waals surface area contributed by atoms with E-state index in [2.05, 4.69) is 30.5 Å². The van der Waals surface area contributed by atoms with E-state index in [0.29, 0.717) is 18.1 Å². The monoisotopic (exact) mass is 450 g/mol. The molecule has 12 heteroatoms. The van der Waals surface area contributed by atoms with E-state index in [9.17, 15) is 13.2 Å². The number of pyridine rings is 1. The van der Waals surface area contributed by atoms with Crippen molar-refractivity contribution in [3.8, 4) is 5.75 Å². The average Bonchev–Trinajstić information content (AvgIpc) is 3.31. The van der Waals surface area contributed by atoms with Gasteiger partial charge in [-0.2, -0.15) is 5.10 Å². The lowest BCUT2D eigenvalue weighted by atomic mass is 10.0. The molecule has 168 valence electrons. The second kappa shape index (κ2) is 8.71. The molecule has 1 amide bonds. The van der Waals surface area contributed by atoms with Crippen LogP contribution in [0.1, 0.15) is 44.7 Å². The molecule has 4 N–H and O–H groups in total. The Morgan fingerprint density at radius 3 is 2.94 bits per heavy atom. The van der Waals surface area contributed by atoms with Crippen molar-refractivity contribution in [2.75, 3.05) is 18.5 Å². The molecule has 2 aliphatic rings. The van der Waals surface area contributed by atoms with Crippen LogP contribution in [0.4, 0.5) is 16.4 Å². The fourth-order valence-electron chi connectivity index (χ4n) is 3.72. The lowest BCUT2D eigenvalue weighted by Gasteiger charge is -2.14. The fraction of sp³-hybridized carbons (Fsp3) is 0.526. The van der Waals surface area contributed by atoms with E-state index >= 15 is 0 Å². The van der Waals surface area contributed by atoms with Gasteiger partial charge in [-0.25, -0.2) is 22.9 Å². The number of sulfonamides is 1. The van der Waals surface area contributed by atoms with Crippen molar-refractivity contribution in [1.29, 1.82) is 0 Å². The first-order chi connectivity index (χ1) is 14.8. The van der Waals surface area contributed by atoms with Crippen molar-refractivity contribution in [2.24, 2.45) is 0 Å². The molecule has 2 atom stereocenters. The Morgan fingerprint density at radius 2 is 2.13 bits per heavy atom. The quantitative estimate of drug-likeness (QED) is 0.541. The summed E-state index contributed by atoms with van der Waals surface area (Å²) in [6, 6.07) is 3.31. The number of nitrogens with zero attached hydrogens (tertiary/aromatic N) is 2. The molecule has 1 fully saturated rings. The molecule has 4 rings (SSSR count). The molecule has 3 heterocycles. The number of alkyl carbamates (subject to hydrolysis) is 1. The SMILES string of the molecule is CC(C)NC(=O)O[C@@H]1CC[C@H](c2cc(Nc3cc4c(cn3)OCCNS4(=O)=O)n[nH]2)C1. The van der Waals surface area contributed by atoms with Gasteiger partial charge in [-0.1, -0.05) is 0 Å². The highest BCUT2D eigenvalue weighted by molar-refractivity contribution is 7.89. The number of hydrogen-bond donors (Lipinski definition) is 4. The van der Waals surface area contributed by atoms with E-state index < -0.39 is 16.1 Å². The van der Waals surface area contributed by atoms with Crippen LogP contribution in [0.3, 0.4) is 0 Å². The van der Waals surface area contributed by atoms with Crippen LogP contribution in [0.2, 0.25) is 0 Å². The third-order valence-corrected chi connectivity index (χ3v) is 6.61. The summed E-state index contributed by atoms with van der Waals surface area (Å²) in [4.78, 5) is 16.1. The summed E-state index contributed by atoms with van der Waals surface area (Å²) < 4.78 is 38.0. The smallest absolute Gasteiger partial charge is 0.407 e. The normalized spacial score (nSPS) is 22.3. The molecule has 1 saturated carbocycles. The van der Waals surface area contributed by atoms with Crippen LogP contribution in [0.25, 0.3) is 0 Å². The van der Waals surface area contributed by atoms with E-state index in [1.165, 1.54) is 12.3 Å². The van der Waals surface area contributed by atoms with Gasteiger partial charge >= 0.3 is 6.09 Å². The van der Waals surface area contributed by atoms with Crippen LogP contribution in [0, 0.1) is 0 Å². The van der Waals surface area contributed by atoms with Crippen LogP contribution in [0.15, 0.2) is 23.2 Å². The van der Waals surface area contributed by atoms with Crippen molar-refractivity contribution >= 4 is 27.8 Å². The number of carbonyl (C=O) groups excluding carboxylic acids is 1. The van der Waals surface area contributed by atoms with Crippen LogP contribution in [-0.2, 0) is 14.8 Å². The zero-order valence-corrected chi connectivity index (χ0v) is 18.2. The average molecular weight is 451 g/mol. The van der Waals surface area contributed by atoms with Crippen molar-refractivity contribution < 1.29 is 22.7 Å². The Labute approximate surface area is 180 Å². The number of ether oxygens (including phenoxy) is 2. The van der Waals surface area contributed by atoms with Crippen molar-refractivity contribution in [2.45, 2.75) is 56.1 Å². The molecule has 0 radical (unpaired) electrons. The van der Waals surface area contributed by atoms with E-state index in [1.54, 1.807) is 0 Å². The van der Waals surface area contributed by atoms with Crippen molar-refractivity contribution in [3.63, 3.8) is 0 Å². The number of aromatic amines is 1. The molecule has 1 aliphatic heterocycles. The largest absolute Gasteiger partial charge is 0.489 e. The minimum absolute atomic E-state index is 0.0323. The number of H-pyrrole nitrogens is 1. The summed E-state index contributed by atoms with van der Waals surface area (Å²) in [5, 5.41) is 13.0. The zero-order chi connectivity index (χ0) is 22.0. The van der Waals surface area contributed by atoms with E-state index in [0.717, 1.165) is 18.5 Å². The van der Waals surface area contributed by atoms with Gasteiger partial charge in [-0.05, 0) is 33.1 Å². The minimum atomic E-state index is -3.65. The minimum Gasteiger partial charge on any atom is -0.489 e. The Morgan fingerprint density at radius 1 is 1.29 bits per heavy atom. The zero-order valence-electron chi connectivity index (χ0n) is 17.3. The summed E-state index contributed by atoms with van der Waals surface area (Å²) >= 11 is 0. The van der Waals surface area contributed by atoms with E-state index in [-0.39, 0.29) is 41.9 Å². The Hall–Kier alpha value is -2.86. The van der Waals surface area contributed by atoms with Crippen LogP contribution >= 0.6 is 0 Å². The fourth-order valence-corrected chi connectivity index (χ4v) is 4.87. The number of rotatable bonds is 5. The maximum Gasteiger partial charge on any atom is 0.407 e. The maximum atomic E-state index is 12.3. The van der Waals surface area contributed by atoms with Gasteiger partial charge in [0, 0.05) is 36.3 Å². The number of carbonyl (C=O) groups is 1. The molecular formula is C19H26N6O5S. The van der Waals surface area contributed by atoms with Crippen molar-refractivity contribution in [3.05, 3.63) is 24.0 Å². The molecule has 11 nitrogen and oxygen atoms in total. The molecule has 2 aromatic rings. The molecular weight excluding hydrogens is 424 g/mol. The predicted octanol–water partition coefficient (Wildman–Crippen LogP) is 1.99. The van der Waals surface area contributed by atoms with Gasteiger partial charge in [0.1, 0.15) is 23.4 Å². The van der Waals surface area contributed by atoms with Gasteiger partial charge in [0.2, 0.25) is 10.0 Å². The molecule has 0 unspecified atom stereocenters. The second-order valence-electron chi connectivity index (χ2n) is 7.93. The number of nitrogens with one attached hydrogen (secondary N) is 4. The van der Waals surface area contributed by atoms with Gasteiger partial charge in [0.05, 0.1) is 6.20 Å². The number of anilines is 2. The summed E-state index contributed by atoms with van der Waals surface area (Å²) in [6.45, 7) is 4.22. The first-order valence-corrected chi connectivity index (χ1v) is 11.7. The lowest BCUT2D eigenvalue weighted by molar-refractivity contribution is 0.0981. The molecule has 0 bridgehead atoms. The highest BCUT2D eigenvalue weighted by Crippen LogP contribution is 2.36. The van der Waals surface area contributed by atoms with Gasteiger partial charge in [-0.3, -0.25) is 5.10 Å². The van der Waals surface area contributed by atoms with E-state index in [4.69, 9.17) is 9.47 Å². The van der Waals surface area contributed by atoms with Gasteiger partial charge in [0.15, 0.2) is 11.6 Å². The summed E-state index contributed by atoms with van der Waals surface area (Å²) in [6.07, 6.45) is 3.24. The van der Waals surface area contributed by atoms with Gasteiger partial charge < -0.3 is 20.1 Å². The molecule has 0 spiro atoms. The first kappa shape index (κ1) is 21.4. The highest BCUT2D eigenvalue weighted by Gasteiger charge is 2.30. The summed E-state index contributed by atoms with van der Waals surface area (Å²) in [5.74, 6) is 1.27. The molecule has 2 aromatic heterocycles. The second-order valence-corrected chi connectivity index (χ2v) is 9.67. The predicted molar refractivity (Wildman–Crippen MR) is 112 cm³/mol. The molecule has 0 aromatic carbocycles. The lowest BCUT2D eigenvalue weighted by Crippen LogP contribution is -2.33. The highest BCUT2D eigenvalue weighted by atomic mass is 32.2. The Kier molecular flexibility index (Phi) is 6.01. The number of fused-ring (bicyclic) bond motifs is 1. The third kappa shape index (κ3) is 5.07. The standard InChI is InChI=1S/C19H26N6O5S/c1-11(2)22-19(26)30-13-4-3-12(7-13)14-8-18(25-24-14)23-17-9-16-15(10-20-17)29-6-5-21-31(16,27)28/h8-13,21H,3-7H2,1-2H3,(H,22,26)(H2,20,23,24,25)/t12-,13+/m0/s1. The Balaban J connectivity index is 1.40. The Bertz CT molecular complexity index is 1050. The van der Waals surface area contributed by atoms with Gasteiger partial charge in [-0.15, -0.1) is 0 Å². The summed E-state index contributed by atoms with van der Waals surface area (Å²) in [7, 11) is -3.65. The maximum absolute atomic E-state index is 12.3. The van der Waals surface area contributed by atoms with Crippen LogP contribution < -0.4 is 20.1 Å². The third-order valence-electron chi connectivity index (χ3n) is 5.13.